The number of aromatic nitrogens is 3. The lowest BCUT2D eigenvalue weighted by molar-refractivity contribution is -0.119. The first kappa shape index (κ1) is 15.1. The van der Waals surface area contributed by atoms with Gasteiger partial charge in [-0.15, -0.1) is 0 Å². The van der Waals surface area contributed by atoms with Gasteiger partial charge in [0.15, 0.2) is 5.82 Å². The van der Waals surface area contributed by atoms with E-state index >= 15 is 0 Å². The third kappa shape index (κ3) is 3.43. The van der Waals surface area contributed by atoms with Gasteiger partial charge in [-0.3, -0.25) is 4.79 Å². The number of carbonyl (C=O) groups is 1. The number of anilines is 1. The molecule has 0 radical (unpaired) electrons. The van der Waals surface area contributed by atoms with Crippen molar-refractivity contribution in [1.82, 2.24) is 14.8 Å². The highest BCUT2D eigenvalue weighted by Crippen LogP contribution is 2.21. The van der Waals surface area contributed by atoms with Crippen LogP contribution in [-0.4, -0.2) is 26.7 Å². The molecule has 6 nitrogen and oxygen atoms in total. The molecule has 3 N–H and O–H groups in total. The number of nitrogens with zero attached hydrogens (tertiary/aromatic N) is 3. The van der Waals surface area contributed by atoms with Gasteiger partial charge >= 0.3 is 0 Å². The lowest BCUT2D eigenvalue weighted by atomic mass is 9.87. The Labute approximate surface area is 122 Å². The minimum Gasteiger partial charge on any atom is -0.325 e. The second-order valence-electron chi connectivity index (χ2n) is 5.84. The Morgan fingerprint density at radius 3 is 2.67 bits per heavy atom. The van der Waals surface area contributed by atoms with Crippen molar-refractivity contribution in [3.8, 4) is 5.69 Å². The van der Waals surface area contributed by atoms with Crippen molar-refractivity contribution in [1.29, 1.82) is 0 Å². The Hall–Kier alpha value is -2.28. The van der Waals surface area contributed by atoms with E-state index in [0.29, 0.717) is 5.69 Å². The van der Waals surface area contributed by atoms with Gasteiger partial charge in [-0.25, -0.2) is 14.1 Å². The van der Waals surface area contributed by atoms with E-state index in [1.54, 1.807) is 6.07 Å². The zero-order chi connectivity index (χ0) is 15.6. The third-order valence-electron chi connectivity index (χ3n) is 3.10. The largest absolute Gasteiger partial charge is 0.325 e. The van der Waals surface area contributed by atoms with Gasteiger partial charge in [0.25, 0.3) is 0 Å². The molecule has 2 rings (SSSR count). The van der Waals surface area contributed by atoms with Crippen LogP contribution >= 0.6 is 0 Å². The Kier molecular flexibility index (Phi) is 4.04. The number of rotatable bonds is 3. The fourth-order valence-corrected chi connectivity index (χ4v) is 1.72. The second kappa shape index (κ2) is 5.61. The van der Waals surface area contributed by atoms with Crippen molar-refractivity contribution in [2.75, 3.05) is 5.32 Å². The van der Waals surface area contributed by atoms with Crippen LogP contribution in [-0.2, 0) is 4.79 Å². The average Bonchev–Trinajstić information content (AvgIpc) is 2.90. The average molecular weight is 291 g/mol. The summed E-state index contributed by atoms with van der Waals surface area (Å²) in [5, 5.41) is 6.47. The van der Waals surface area contributed by atoms with Crippen molar-refractivity contribution in [3.63, 3.8) is 0 Å². The minimum atomic E-state index is -0.685. The predicted octanol–water partition coefficient (Wildman–Crippen LogP) is 1.72. The van der Waals surface area contributed by atoms with Gasteiger partial charge in [0, 0.05) is 5.69 Å². The standard InChI is InChI=1S/C14H18FN5O/c1-14(2,3)12(16)13(21)19-9-4-5-11(10(15)6-9)20-8-17-7-18-20/h4-8,12H,16H2,1-3H3,(H,19,21). The molecule has 0 saturated carbocycles. The maximum absolute atomic E-state index is 14.0. The summed E-state index contributed by atoms with van der Waals surface area (Å²) in [5.41, 5.74) is 6.09. The Bertz CT molecular complexity index is 633. The molecule has 0 fully saturated rings. The van der Waals surface area contributed by atoms with Crippen molar-refractivity contribution >= 4 is 11.6 Å². The highest BCUT2D eigenvalue weighted by atomic mass is 19.1. The highest BCUT2D eigenvalue weighted by Gasteiger charge is 2.27. The number of amides is 1. The smallest absolute Gasteiger partial charge is 0.241 e. The molecular formula is C14H18FN5O. The molecule has 0 spiro atoms. The maximum Gasteiger partial charge on any atom is 0.241 e. The van der Waals surface area contributed by atoms with E-state index in [0.717, 1.165) is 0 Å². The molecule has 0 bridgehead atoms. The van der Waals surface area contributed by atoms with Gasteiger partial charge in [0.1, 0.15) is 18.3 Å². The first-order chi connectivity index (χ1) is 9.79. The zero-order valence-corrected chi connectivity index (χ0v) is 12.2. The molecule has 0 aliphatic carbocycles. The molecule has 0 aliphatic rings. The number of benzene rings is 1. The van der Waals surface area contributed by atoms with Crippen LogP contribution in [0.25, 0.3) is 5.69 Å². The monoisotopic (exact) mass is 291 g/mol. The summed E-state index contributed by atoms with van der Waals surface area (Å²) in [7, 11) is 0. The van der Waals surface area contributed by atoms with E-state index in [-0.39, 0.29) is 17.0 Å². The number of nitrogens with one attached hydrogen (secondary N) is 1. The Balaban J connectivity index is 2.16. The zero-order valence-electron chi connectivity index (χ0n) is 12.2. The number of carbonyl (C=O) groups excluding carboxylic acids is 1. The molecule has 1 unspecified atom stereocenters. The summed E-state index contributed by atoms with van der Waals surface area (Å²) in [6.07, 6.45) is 2.71. The summed E-state index contributed by atoms with van der Waals surface area (Å²) in [4.78, 5) is 15.8. The van der Waals surface area contributed by atoms with Gasteiger partial charge in [-0.1, -0.05) is 20.8 Å². The molecule has 0 aliphatic heterocycles. The summed E-state index contributed by atoms with van der Waals surface area (Å²) in [6.45, 7) is 5.60. The van der Waals surface area contributed by atoms with E-state index in [2.05, 4.69) is 15.4 Å². The van der Waals surface area contributed by atoms with Crippen LogP contribution in [0.5, 0.6) is 0 Å². The molecule has 21 heavy (non-hydrogen) atoms. The lowest BCUT2D eigenvalue weighted by Gasteiger charge is -2.25. The Morgan fingerprint density at radius 1 is 1.43 bits per heavy atom. The normalized spacial score (nSPS) is 13.0. The minimum absolute atomic E-state index is 0.255. The van der Waals surface area contributed by atoms with E-state index < -0.39 is 11.9 Å². The van der Waals surface area contributed by atoms with Crippen LogP contribution in [0, 0.1) is 11.2 Å². The number of halogens is 1. The van der Waals surface area contributed by atoms with Crippen molar-refractivity contribution in [2.24, 2.45) is 11.1 Å². The number of nitrogens with two attached hydrogens (primary N) is 1. The fraction of sp³-hybridized carbons (Fsp3) is 0.357. The lowest BCUT2D eigenvalue weighted by Crippen LogP contribution is -2.45. The Morgan fingerprint density at radius 2 is 2.14 bits per heavy atom. The van der Waals surface area contributed by atoms with E-state index in [9.17, 15) is 9.18 Å². The SMILES string of the molecule is CC(C)(C)C(N)C(=O)Nc1ccc(-n2cncn2)c(F)c1. The van der Waals surface area contributed by atoms with Crippen LogP contribution in [0.3, 0.4) is 0 Å². The fourth-order valence-electron chi connectivity index (χ4n) is 1.72. The summed E-state index contributed by atoms with van der Waals surface area (Å²) in [5.74, 6) is -0.863. The van der Waals surface area contributed by atoms with E-state index in [1.165, 1.54) is 29.5 Å². The van der Waals surface area contributed by atoms with Gasteiger partial charge in [0.05, 0.1) is 6.04 Å². The third-order valence-corrected chi connectivity index (χ3v) is 3.10. The maximum atomic E-state index is 14.0. The van der Waals surface area contributed by atoms with Gasteiger partial charge < -0.3 is 11.1 Å². The highest BCUT2D eigenvalue weighted by molar-refractivity contribution is 5.95. The summed E-state index contributed by atoms with van der Waals surface area (Å²) >= 11 is 0. The van der Waals surface area contributed by atoms with Gasteiger partial charge in [0.2, 0.25) is 5.91 Å². The van der Waals surface area contributed by atoms with Crippen molar-refractivity contribution in [3.05, 3.63) is 36.7 Å². The van der Waals surface area contributed by atoms with E-state index in [4.69, 9.17) is 5.73 Å². The van der Waals surface area contributed by atoms with Crippen LogP contribution in [0.15, 0.2) is 30.9 Å². The summed E-state index contributed by atoms with van der Waals surface area (Å²) in [6, 6.07) is 3.65. The molecule has 2 aromatic rings. The first-order valence-corrected chi connectivity index (χ1v) is 6.50. The molecule has 1 amide bonds. The molecule has 7 heteroatoms. The quantitative estimate of drug-likeness (QED) is 0.901. The second-order valence-corrected chi connectivity index (χ2v) is 5.84. The van der Waals surface area contributed by atoms with Crippen LogP contribution in [0.4, 0.5) is 10.1 Å². The van der Waals surface area contributed by atoms with Gasteiger partial charge in [-0.2, -0.15) is 5.10 Å². The van der Waals surface area contributed by atoms with Crippen molar-refractivity contribution in [2.45, 2.75) is 26.8 Å². The predicted molar refractivity (Wildman–Crippen MR) is 77.4 cm³/mol. The topological polar surface area (TPSA) is 85.8 Å². The molecular weight excluding hydrogens is 273 g/mol. The van der Waals surface area contributed by atoms with Crippen molar-refractivity contribution < 1.29 is 9.18 Å². The van der Waals surface area contributed by atoms with Gasteiger partial charge in [-0.05, 0) is 23.6 Å². The number of hydrogen-bond acceptors (Lipinski definition) is 4. The van der Waals surface area contributed by atoms with E-state index in [1.807, 2.05) is 20.8 Å². The molecule has 1 aromatic heterocycles. The van der Waals surface area contributed by atoms with Crippen LogP contribution in [0.1, 0.15) is 20.8 Å². The first-order valence-electron chi connectivity index (χ1n) is 6.50. The van der Waals surface area contributed by atoms with Crippen LogP contribution < -0.4 is 11.1 Å². The molecule has 1 aromatic carbocycles. The number of hydrogen-bond donors (Lipinski definition) is 2. The molecule has 1 heterocycles. The molecule has 0 saturated heterocycles. The molecule has 1 atom stereocenters. The summed E-state index contributed by atoms with van der Waals surface area (Å²) < 4.78 is 15.3. The van der Waals surface area contributed by atoms with Crippen LogP contribution in [0.2, 0.25) is 0 Å². The molecule has 112 valence electrons.